The zero-order valence-electron chi connectivity index (χ0n) is 16.3. The molecule has 0 bridgehead atoms. The molecule has 0 aliphatic carbocycles. The Morgan fingerprint density at radius 3 is 2.56 bits per heavy atom. The first-order valence-electron chi connectivity index (χ1n) is 9.16. The highest BCUT2D eigenvalue weighted by Crippen LogP contribution is 2.37. The molecule has 2 rings (SSSR count). The maximum atomic E-state index is 13.1. The minimum Gasteiger partial charge on any atom is -0.352 e. The fraction of sp³-hybridized carbons (Fsp3) is 0.600. The maximum absolute atomic E-state index is 13.1. The van der Waals surface area contributed by atoms with Gasteiger partial charge in [-0.3, -0.25) is 9.59 Å². The average Bonchev–Trinajstić information content (AvgIpc) is 2.87. The molecule has 1 aliphatic heterocycles. The van der Waals surface area contributed by atoms with Crippen LogP contribution in [0.3, 0.4) is 0 Å². The third-order valence-electron chi connectivity index (χ3n) is 4.51. The van der Waals surface area contributed by atoms with E-state index in [1.165, 1.54) is 0 Å². The molecule has 1 unspecified atom stereocenters. The van der Waals surface area contributed by atoms with Gasteiger partial charge in [-0.1, -0.05) is 25.8 Å². The van der Waals surface area contributed by atoms with Gasteiger partial charge in [0.15, 0.2) is 6.04 Å². The number of aryl methyl sites for hydroxylation is 1. The Balaban J connectivity index is 2.49. The third-order valence-corrected chi connectivity index (χ3v) is 4.51. The monoisotopic (exact) mass is 345 g/mol. The number of unbranched alkanes of at least 4 members (excludes halogenated alkanes) is 2. The van der Waals surface area contributed by atoms with Crippen molar-refractivity contribution < 1.29 is 9.59 Å². The predicted octanol–water partition coefficient (Wildman–Crippen LogP) is 3.42. The second kappa shape index (κ2) is 7.46. The van der Waals surface area contributed by atoms with Crippen molar-refractivity contribution in [3.05, 3.63) is 29.6 Å². The summed E-state index contributed by atoms with van der Waals surface area (Å²) in [4.78, 5) is 27.9. The van der Waals surface area contributed by atoms with Crippen molar-refractivity contribution in [1.82, 2.24) is 14.8 Å². The van der Waals surface area contributed by atoms with Crippen LogP contribution in [0.5, 0.6) is 0 Å². The standard InChI is InChI=1S/C20H31N3O2/c1-7-9-10-12-23-17(18(24)21-20(3,4)5)16-15(11-13-22(16)6)14(8-2)19(23)25/h8,11,13,17H,7,9-10,12H2,1-6H3,(H,21,24)/b14-8+. The minimum absolute atomic E-state index is 0.0497. The van der Waals surface area contributed by atoms with Crippen LogP contribution in [0.4, 0.5) is 0 Å². The summed E-state index contributed by atoms with van der Waals surface area (Å²) in [5.41, 5.74) is 2.11. The molecular formula is C20H31N3O2. The zero-order valence-corrected chi connectivity index (χ0v) is 16.3. The largest absolute Gasteiger partial charge is 0.352 e. The third kappa shape index (κ3) is 3.97. The Labute approximate surface area is 151 Å². The first-order valence-corrected chi connectivity index (χ1v) is 9.16. The highest BCUT2D eigenvalue weighted by Gasteiger charge is 2.41. The number of nitrogens with zero attached hydrogens (tertiary/aromatic N) is 2. The number of carbonyl (C=O) groups excluding carboxylic acids is 2. The van der Waals surface area contributed by atoms with Gasteiger partial charge in [0.25, 0.3) is 5.91 Å². The lowest BCUT2D eigenvalue weighted by atomic mass is 9.92. The Hall–Kier alpha value is -2.04. The van der Waals surface area contributed by atoms with Gasteiger partial charge in [-0.15, -0.1) is 0 Å². The van der Waals surface area contributed by atoms with Crippen molar-refractivity contribution in [3.63, 3.8) is 0 Å². The van der Waals surface area contributed by atoms with Crippen LogP contribution in [-0.4, -0.2) is 33.4 Å². The summed E-state index contributed by atoms with van der Waals surface area (Å²) in [5.74, 6) is -0.165. The second-order valence-electron chi connectivity index (χ2n) is 7.78. The van der Waals surface area contributed by atoms with Gasteiger partial charge < -0.3 is 14.8 Å². The van der Waals surface area contributed by atoms with Crippen molar-refractivity contribution in [2.24, 2.45) is 7.05 Å². The predicted molar refractivity (Wildman–Crippen MR) is 101 cm³/mol. The molecule has 1 aromatic rings. The molecule has 0 fully saturated rings. The van der Waals surface area contributed by atoms with E-state index in [1.807, 2.05) is 57.6 Å². The van der Waals surface area contributed by atoms with Crippen LogP contribution in [0.15, 0.2) is 18.3 Å². The lowest BCUT2D eigenvalue weighted by Crippen LogP contribution is -2.51. The molecule has 0 spiro atoms. The summed E-state index contributed by atoms with van der Waals surface area (Å²) in [5, 5.41) is 3.05. The van der Waals surface area contributed by atoms with Crippen LogP contribution >= 0.6 is 0 Å². The fourth-order valence-electron chi connectivity index (χ4n) is 3.39. The molecule has 2 heterocycles. The number of hydrogen-bond donors (Lipinski definition) is 1. The van der Waals surface area contributed by atoms with Crippen molar-refractivity contribution in [2.45, 2.75) is 65.5 Å². The van der Waals surface area contributed by atoms with Gasteiger partial charge in [-0.05, 0) is 40.2 Å². The highest BCUT2D eigenvalue weighted by atomic mass is 16.2. The van der Waals surface area contributed by atoms with Crippen LogP contribution < -0.4 is 5.32 Å². The van der Waals surface area contributed by atoms with E-state index in [0.29, 0.717) is 12.1 Å². The second-order valence-corrected chi connectivity index (χ2v) is 7.78. The Morgan fingerprint density at radius 2 is 2.00 bits per heavy atom. The molecule has 0 saturated heterocycles. The summed E-state index contributed by atoms with van der Waals surface area (Å²) < 4.78 is 1.96. The molecular weight excluding hydrogens is 314 g/mol. The smallest absolute Gasteiger partial charge is 0.255 e. The number of allylic oxidation sites excluding steroid dienone is 1. The molecule has 138 valence electrons. The van der Waals surface area contributed by atoms with Crippen LogP contribution in [-0.2, 0) is 16.6 Å². The Kier molecular flexibility index (Phi) is 5.76. The molecule has 1 aromatic heterocycles. The Bertz CT molecular complexity index is 680. The quantitative estimate of drug-likeness (QED) is 0.657. The zero-order chi connectivity index (χ0) is 18.8. The Morgan fingerprint density at radius 1 is 1.32 bits per heavy atom. The highest BCUT2D eigenvalue weighted by molar-refractivity contribution is 6.22. The van der Waals surface area contributed by atoms with E-state index >= 15 is 0 Å². The number of hydrogen-bond acceptors (Lipinski definition) is 2. The number of rotatable bonds is 5. The summed E-state index contributed by atoms with van der Waals surface area (Å²) in [6, 6.07) is 1.35. The fourth-order valence-corrected chi connectivity index (χ4v) is 3.39. The first kappa shape index (κ1) is 19.3. The van der Waals surface area contributed by atoms with Crippen LogP contribution in [0.25, 0.3) is 5.57 Å². The van der Waals surface area contributed by atoms with E-state index in [-0.39, 0.29) is 17.4 Å². The van der Waals surface area contributed by atoms with E-state index in [9.17, 15) is 9.59 Å². The molecule has 2 amide bonds. The summed E-state index contributed by atoms with van der Waals surface area (Å²) in [6.45, 7) is 10.5. The number of fused-ring (bicyclic) bond motifs is 1. The van der Waals surface area contributed by atoms with Gasteiger partial charge in [-0.2, -0.15) is 0 Å². The van der Waals surface area contributed by atoms with Crippen molar-refractivity contribution in [2.75, 3.05) is 6.54 Å². The van der Waals surface area contributed by atoms with Gasteiger partial charge in [-0.25, -0.2) is 0 Å². The lowest BCUT2D eigenvalue weighted by molar-refractivity contribution is -0.138. The number of nitrogens with one attached hydrogen (secondary N) is 1. The molecule has 1 atom stereocenters. The van der Waals surface area contributed by atoms with E-state index in [1.54, 1.807) is 4.90 Å². The SMILES string of the molecule is C/C=C1/C(=O)N(CCCCC)C(C(=O)NC(C)(C)C)c2c1ccn2C. The molecule has 0 saturated carbocycles. The summed E-state index contributed by atoms with van der Waals surface area (Å²) >= 11 is 0. The van der Waals surface area contributed by atoms with E-state index in [4.69, 9.17) is 0 Å². The molecule has 5 heteroatoms. The average molecular weight is 345 g/mol. The van der Waals surface area contributed by atoms with Crippen molar-refractivity contribution in [1.29, 1.82) is 0 Å². The molecule has 1 aliphatic rings. The van der Waals surface area contributed by atoms with Gasteiger partial charge in [0.2, 0.25) is 5.91 Å². The van der Waals surface area contributed by atoms with Crippen molar-refractivity contribution >= 4 is 17.4 Å². The van der Waals surface area contributed by atoms with Gasteiger partial charge in [0.05, 0.1) is 5.69 Å². The molecule has 25 heavy (non-hydrogen) atoms. The minimum atomic E-state index is -0.581. The molecule has 0 radical (unpaired) electrons. The number of aromatic nitrogens is 1. The van der Waals surface area contributed by atoms with Gasteiger partial charge >= 0.3 is 0 Å². The lowest BCUT2D eigenvalue weighted by Gasteiger charge is -2.38. The van der Waals surface area contributed by atoms with Crippen molar-refractivity contribution in [3.8, 4) is 0 Å². The van der Waals surface area contributed by atoms with E-state index < -0.39 is 6.04 Å². The normalized spacial score (nSPS) is 19.3. The molecule has 1 N–H and O–H groups in total. The van der Waals surface area contributed by atoms with E-state index in [2.05, 4.69) is 12.2 Å². The first-order chi connectivity index (χ1) is 11.7. The number of carbonyl (C=O) groups is 2. The maximum Gasteiger partial charge on any atom is 0.255 e. The van der Waals surface area contributed by atoms with Crippen LogP contribution in [0.1, 0.15) is 71.2 Å². The van der Waals surface area contributed by atoms with Gasteiger partial charge in [0.1, 0.15) is 0 Å². The topological polar surface area (TPSA) is 54.3 Å². The number of amides is 2. The van der Waals surface area contributed by atoms with Gasteiger partial charge in [0, 0.05) is 36.5 Å². The van der Waals surface area contributed by atoms with Crippen LogP contribution in [0.2, 0.25) is 0 Å². The van der Waals surface area contributed by atoms with E-state index in [0.717, 1.165) is 30.5 Å². The molecule has 0 aromatic carbocycles. The van der Waals surface area contributed by atoms with Crippen LogP contribution in [0, 0.1) is 0 Å². The summed E-state index contributed by atoms with van der Waals surface area (Å²) in [7, 11) is 1.93. The molecule has 5 nitrogen and oxygen atoms in total. The summed E-state index contributed by atoms with van der Waals surface area (Å²) in [6.07, 6.45) is 6.80.